The van der Waals surface area contributed by atoms with Crippen LogP contribution in [0.3, 0.4) is 0 Å². The van der Waals surface area contributed by atoms with E-state index in [-0.39, 0.29) is 24.3 Å². The van der Waals surface area contributed by atoms with Crippen LogP contribution in [-0.2, 0) is 4.79 Å². The number of amides is 2. The van der Waals surface area contributed by atoms with Gasteiger partial charge in [0.15, 0.2) is 0 Å². The Kier molecular flexibility index (Phi) is 6.37. The van der Waals surface area contributed by atoms with E-state index in [0.717, 1.165) is 5.56 Å². The van der Waals surface area contributed by atoms with Gasteiger partial charge in [-0.25, -0.2) is 0 Å². The maximum Gasteiger partial charge on any atom is 0.255 e. The molecular weight excluding hydrogens is 304 g/mol. The van der Waals surface area contributed by atoms with Crippen LogP contribution in [0.5, 0.6) is 5.75 Å². The van der Waals surface area contributed by atoms with Gasteiger partial charge in [0.2, 0.25) is 5.91 Å². The largest absolute Gasteiger partial charge is 0.496 e. The minimum Gasteiger partial charge on any atom is -0.496 e. The summed E-state index contributed by atoms with van der Waals surface area (Å²) in [6, 6.07) is 16.9. The fourth-order valence-corrected chi connectivity index (χ4v) is 2.32. The van der Waals surface area contributed by atoms with Crippen molar-refractivity contribution in [3.05, 3.63) is 65.7 Å². The number of nitrogens with one attached hydrogen (secondary N) is 2. The lowest BCUT2D eigenvalue weighted by atomic mass is 10.0. The van der Waals surface area contributed by atoms with Gasteiger partial charge in [-0.15, -0.1) is 0 Å². The summed E-state index contributed by atoms with van der Waals surface area (Å²) in [5.41, 5.74) is 1.57. The number of carbonyl (C=O) groups excluding carboxylic acids is 2. The lowest BCUT2D eigenvalue weighted by molar-refractivity contribution is -0.120. The summed E-state index contributed by atoms with van der Waals surface area (Å²) < 4.78 is 5.14. The molecule has 2 amide bonds. The number of methoxy groups -OCH3 is 1. The highest BCUT2D eigenvalue weighted by Gasteiger charge is 2.13. The third-order valence-corrected chi connectivity index (χ3v) is 3.74. The van der Waals surface area contributed by atoms with Gasteiger partial charge in [0, 0.05) is 6.54 Å². The monoisotopic (exact) mass is 326 g/mol. The lowest BCUT2D eigenvalue weighted by Gasteiger charge is -2.13. The first-order valence-electron chi connectivity index (χ1n) is 7.84. The van der Waals surface area contributed by atoms with E-state index in [1.807, 2.05) is 37.3 Å². The van der Waals surface area contributed by atoms with E-state index in [1.54, 1.807) is 24.3 Å². The van der Waals surface area contributed by atoms with Gasteiger partial charge >= 0.3 is 0 Å². The Balaban J connectivity index is 1.80. The van der Waals surface area contributed by atoms with Crippen LogP contribution in [0, 0.1) is 0 Å². The second kappa shape index (κ2) is 8.72. The highest BCUT2D eigenvalue weighted by Crippen LogP contribution is 2.16. The Labute approximate surface area is 142 Å². The van der Waals surface area contributed by atoms with Gasteiger partial charge in [0.1, 0.15) is 5.75 Å². The molecule has 1 atom stereocenters. The van der Waals surface area contributed by atoms with E-state index in [9.17, 15) is 9.59 Å². The maximum absolute atomic E-state index is 12.1. The topological polar surface area (TPSA) is 67.4 Å². The van der Waals surface area contributed by atoms with E-state index < -0.39 is 0 Å². The molecule has 2 aromatic rings. The van der Waals surface area contributed by atoms with Crippen molar-refractivity contribution < 1.29 is 14.3 Å². The molecule has 2 N–H and O–H groups in total. The van der Waals surface area contributed by atoms with Gasteiger partial charge in [-0.2, -0.15) is 0 Å². The predicted molar refractivity (Wildman–Crippen MR) is 93.2 cm³/mol. The first kappa shape index (κ1) is 17.5. The molecule has 0 fully saturated rings. The molecular formula is C19H22N2O3. The number of benzene rings is 2. The SMILES string of the molecule is COc1ccccc1C(=O)NCC(=O)NCC(C)c1ccccc1. The van der Waals surface area contributed by atoms with Crippen LogP contribution >= 0.6 is 0 Å². The number of hydrogen-bond donors (Lipinski definition) is 2. The van der Waals surface area contributed by atoms with Gasteiger partial charge in [-0.05, 0) is 23.6 Å². The molecule has 2 aromatic carbocycles. The van der Waals surface area contributed by atoms with Crippen molar-refractivity contribution in [1.29, 1.82) is 0 Å². The van der Waals surface area contributed by atoms with Crippen molar-refractivity contribution in [2.24, 2.45) is 0 Å². The molecule has 5 heteroatoms. The number of rotatable bonds is 7. The van der Waals surface area contributed by atoms with Gasteiger partial charge in [0.05, 0.1) is 19.2 Å². The van der Waals surface area contributed by atoms with E-state index in [1.165, 1.54) is 7.11 Å². The molecule has 0 aromatic heterocycles. The second-order valence-electron chi connectivity index (χ2n) is 5.50. The summed E-state index contributed by atoms with van der Waals surface area (Å²) in [5, 5.41) is 5.44. The zero-order valence-electron chi connectivity index (χ0n) is 13.9. The fraction of sp³-hybridized carbons (Fsp3) is 0.263. The van der Waals surface area contributed by atoms with E-state index in [2.05, 4.69) is 10.6 Å². The van der Waals surface area contributed by atoms with E-state index in [0.29, 0.717) is 17.9 Å². The van der Waals surface area contributed by atoms with Crippen molar-refractivity contribution in [1.82, 2.24) is 10.6 Å². The Morgan fingerprint density at radius 3 is 2.38 bits per heavy atom. The molecule has 5 nitrogen and oxygen atoms in total. The van der Waals surface area contributed by atoms with Crippen LogP contribution < -0.4 is 15.4 Å². The quantitative estimate of drug-likeness (QED) is 0.821. The summed E-state index contributed by atoms with van der Waals surface area (Å²) in [6.07, 6.45) is 0. The first-order valence-corrected chi connectivity index (χ1v) is 7.84. The minimum absolute atomic E-state index is 0.0710. The van der Waals surface area contributed by atoms with Crippen molar-refractivity contribution in [3.8, 4) is 5.75 Å². The third kappa shape index (κ3) is 4.84. The van der Waals surface area contributed by atoms with Crippen LogP contribution in [0.4, 0.5) is 0 Å². The fourth-order valence-electron chi connectivity index (χ4n) is 2.32. The number of carbonyl (C=O) groups is 2. The molecule has 0 radical (unpaired) electrons. The average Bonchev–Trinajstić information content (AvgIpc) is 2.64. The molecule has 0 spiro atoms. The average molecular weight is 326 g/mol. The van der Waals surface area contributed by atoms with Crippen LogP contribution in [0.2, 0.25) is 0 Å². The van der Waals surface area contributed by atoms with Crippen LogP contribution in [0.1, 0.15) is 28.8 Å². The smallest absolute Gasteiger partial charge is 0.255 e. The normalized spacial score (nSPS) is 11.4. The maximum atomic E-state index is 12.1. The summed E-state index contributed by atoms with van der Waals surface area (Å²) >= 11 is 0. The summed E-state index contributed by atoms with van der Waals surface area (Å²) in [5.74, 6) is 0.132. The molecule has 0 aliphatic carbocycles. The standard InChI is InChI=1S/C19H22N2O3/c1-14(15-8-4-3-5-9-15)12-20-18(22)13-21-19(23)16-10-6-7-11-17(16)24-2/h3-11,14H,12-13H2,1-2H3,(H,20,22)(H,21,23). The second-order valence-corrected chi connectivity index (χ2v) is 5.50. The Bertz CT molecular complexity index is 686. The molecule has 0 heterocycles. The molecule has 2 rings (SSSR count). The third-order valence-electron chi connectivity index (χ3n) is 3.74. The zero-order chi connectivity index (χ0) is 17.4. The van der Waals surface area contributed by atoms with Crippen LogP contribution in [0.25, 0.3) is 0 Å². The van der Waals surface area contributed by atoms with Gasteiger partial charge in [0.25, 0.3) is 5.91 Å². The van der Waals surface area contributed by atoms with Gasteiger partial charge in [-0.3, -0.25) is 9.59 Å². The summed E-state index contributed by atoms with van der Waals surface area (Å²) in [6.45, 7) is 2.49. The molecule has 0 saturated carbocycles. The highest BCUT2D eigenvalue weighted by atomic mass is 16.5. The van der Waals surface area contributed by atoms with E-state index >= 15 is 0 Å². The Hall–Kier alpha value is -2.82. The molecule has 126 valence electrons. The zero-order valence-corrected chi connectivity index (χ0v) is 13.9. The highest BCUT2D eigenvalue weighted by molar-refractivity contribution is 5.98. The molecule has 1 unspecified atom stereocenters. The molecule has 0 aliphatic heterocycles. The number of para-hydroxylation sites is 1. The van der Waals surface area contributed by atoms with Crippen molar-refractivity contribution >= 4 is 11.8 Å². The first-order chi connectivity index (χ1) is 11.6. The van der Waals surface area contributed by atoms with Gasteiger partial charge in [-0.1, -0.05) is 49.4 Å². The Morgan fingerprint density at radius 1 is 1.00 bits per heavy atom. The molecule has 24 heavy (non-hydrogen) atoms. The molecule has 0 saturated heterocycles. The predicted octanol–water partition coefficient (Wildman–Crippen LogP) is 2.34. The van der Waals surface area contributed by atoms with Crippen LogP contribution in [0.15, 0.2) is 54.6 Å². The lowest BCUT2D eigenvalue weighted by Crippen LogP contribution is -2.38. The Morgan fingerprint density at radius 2 is 1.67 bits per heavy atom. The van der Waals surface area contributed by atoms with Crippen molar-refractivity contribution in [3.63, 3.8) is 0 Å². The minimum atomic E-state index is -0.335. The van der Waals surface area contributed by atoms with Crippen LogP contribution in [-0.4, -0.2) is 32.0 Å². The van der Waals surface area contributed by atoms with Gasteiger partial charge < -0.3 is 15.4 Å². The number of ether oxygens (including phenoxy) is 1. The number of hydrogen-bond acceptors (Lipinski definition) is 3. The molecule has 0 bridgehead atoms. The molecule has 0 aliphatic rings. The van der Waals surface area contributed by atoms with Crippen molar-refractivity contribution in [2.45, 2.75) is 12.8 Å². The summed E-state index contributed by atoms with van der Waals surface area (Å²) in [7, 11) is 1.50. The van der Waals surface area contributed by atoms with E-state index in [4.69, 9.17) is 4.74 Å². The summed E-state index contributed by atoms with van der Waals surface area (Å²) in [4.78, 5) is 24.0. The van der Waals surface area contributed by atoms with Crippen molar-refractivity contribution in [2.75, 3.05) is 20.2 Å².